The molecular formula is C50H59N11O7. The largest absolute Gasteiger partial charge is 0.492 e. The lowest BCUT2D eigenvalue weighted by Crippen LogP contribution is -2.56. The van der Waals surface area contributed by atoms with Crippen LogP contribution in [0.15, 0.2) is 66.2 Å². The molecule has 2 heterocycles. The Balaban J connectivity index is 1.54. The molecule has 1 aromatic heterocycles. The first-order chi connectivity index (χ1) is 32.6. The van der Waals surface area contributed by atoms with Crippen LogP contribution in [0.2, 0.25) is 0 Å². The second-order valence-electron chi connectivity index (χ2n) is 16.4. The summed E-state index contributed by atoms with van der Waals surface area (Å²) in [6.45, 7) is 9.10. The van der Waals surface area contributed by atoms with Crippen molar-refractivity contribution in [1.82, 2.24) is 36.1 Å². The lowest BCUT2D eigenvalue weighted by atomic mass is 9.93. The number of carbonyl (C=O) groups is 5. The van der Waals surface area contributed by atoms with Crippen molar-refractivity contribution in [3.8, 4) is 40.5 Å². The third-order valence-electron chi connectivity index (χ3n) is 10.8. The number of amides is 5. The number of fused-ring (bicyclic) bond motifs is 5. The van der Waals surface area contributed by atoms with Gasteiger partial charge in [-0.25, -0.2) is 9.97 Å². The Hall–Kier alpha value is -7.64. The van der Waals surface area contributed by atoms with E-state index in [1.807, 2.05) is 44.2 Å². The number of aryl methyl sites for hydroxylation is 2. The summed E-state index contributed by atoms with van der Waals surface area (Å²) < 4.78 is 12.2. The van der Waals surface area contributed by atoms with Crippen molar-refractivity contribution in [2.45, 2.75) is 71.6 Å². The highest BCUT2D eigenvalue weighted by Crippen LogP contribution is 2.40. The average molecular weight is 926 g/mol. The first-order valence-corrected chi connectivity index (χ1v) is 22.2. The van der Waals surface area contributed by atoms with Crippen molar-refractivity contribution >= 4 is 35.6 Å². The maximum Gasteiger partial charge on any atom is 0.255 e. The lowest BCUT2D eigenvalue weighted by molar-refractivity contribution is -0.141. The zero-order chi connectivity index (χ0) is 49.5. The summed E-state index contributed by atoms with van der Waals surface area (Å²) in [6, 6.07) is 14.7. The molecule has 0 spiro atoms. The maximum atomic E-state index is 14.7. The van der Waals surface area contributed by atoms with E-state index < -0.39 is 53.7 Å². The third-order valence-corrected chi connectivity index (χ3v) is 10.8. The smallest absolute Gasteiger partial charge is 0.255 e. The minimum atomic E-state index is -1.42. The van der Waals surface area contributed by atoms with E-state index in [0.29, 0.717) is 45.1 Å². The average Bonchev–Trinajstić information content (AvgIpc) is 3.30. The van der Waals surface area contributed by atoms with Crippen LogP contribution in [-0.4, -0.2) is 109 Å². The molecule has 4 atom stereocenters. The van der Waals surface area contributed by atoms with Crippen molar-refractivity contribution in [3.05, 3.63) is 111 Å². The fraction of sp³-hybridized carbons (Fsp3) is 0.360. The molecule has 68 heavy (non-hydrogen) atoms. The molecule has 0 saturated carbocycles. The van der Waals surface area contributed by atoms with Crippen LogP contribution in [-0.2, 0) is 25.6 Å². The van der Waals surface area contributed by atoms with Gasteiger partial charge in [-0.05, 0) is 107 Å². The monoisotopic (exact) mass is 925 g/mol. The number of carbonyl (C=O) groups excluding carboxylic acids is 5. The van der Waals surface area contributed by atoms with Gasteiger partial charge >= 0.3 is 0 Å². The summed E-state index contributed by atoms with van der Waals surface area (Å²) in [6.07, 6.45) is 2.04. The SMILES string of the molecule is CC(C)=Cc1ccc(C#Cc2nc(C)c(C(=O)N[C@@H](CCN)C(=O)N(C)[C@@H]3C(=O)N[C@@H](C)C(=O)N[C@H](C(=O)NCC#N)Cc4ccc(OCCN)c(c4)-c4cc3ccc4OCCN)c(C)n2)cc1. The molecular weight excluding hydrogens is 867 g/mol. The van der Waals surface area contributed by atoms with E-state index in [-0.39, 0.29) is 63.6 Å². The minimum absolute atomic E-state index is 0.00366. The Kier molecular flexibility index (Phi) is 18.3. The zero-order valence-electron chi connectivity index (χ0n) is 39.2. The topological polar surface area (TPSA) is 283 Å². The summed E-state index contributed by atoms with van der Waals surface area (Å²) >= 11 is 0. The van der Waals surface area contributed by atoms with E-state index in [0.717, 1.165) is 11.1 Å². The fourth-order valence-corrected chi connectivity index (χ4v) is 7.58. The summed E-state index contributed by atoms with van der Waals surface area (Å²) in [4.78, 5) is 80.6. The quantitative estimate of drug-likeness (QED) is 0.0665. The van der Waals surface area contributed by atoms with Crippen LogP contribution < -0.4 is 47.9 Å². The normalized spacial score (nSPS) is 15.9. The number of rotatable bonds is 15. The molecule has 0 fully saturated rings. The summed E-state index contributed by atoms with van der Waals surface area (Å²) in [5.74, 6) is 3.59. The highest BCUT2D eigenvalue weighted by Gasteiger charge is 2.36. The predicted molar refractivity (Wildman–Crippen MR) is 257 cm³/mol. The number of hydrogen-bond acceptors (Lipinski definition) is 13. The van der Waals surface area contributed by atoms with Crippen molar-refractivity contribution in [3.63, 3.8) is 0 Å². The molecule has 1 aliphatic rings. The predicted octanol–water partition coefficient (Wildman–Crippen LogP) is 2.09. The van der Waals surface area contributed by atoms with Crippen molar-refractivity contribution in [1.29, 1.82) is 5.26 Å². The van der Waals surface area contributed by atoms with Crippen LogP contribution in [0, 0.1) is 37.0 Å². The number of hydrogen-bond donors (Lipinski definition) is 7. The number of allylic oxidation sites excluding steroid dienone is 1. The number of benzene rings is 3. The van der Waals surface area contributed by atoms with E-state index in [1.165, 1.54) is 24.4 Å². The molecule has 5 rings (SSSR count). The highest BCUT2D eigenvalue weighted by molar-refractivity contribution is 6.00. The van der Waals surface area contributed by atoms with Gasteiger partial charge in [-0.3, -0.25) is 24.0 Å². The number of nitrogens with one attached hydrogen (secondary N) is 4. The molecule has 18 heteroatoms. The molecule has 0 aliphatic carbocycles. The Morgan fingerprint density at radius 2 is 1.51 bits per heavy atom. The number of nitrogens with zero attached hydrogens (tertiary/aromatic N) is 4. The van der Waals surface area contributed by atoms with E-state index in [9.17, 15) is 29.2 Å². The van der Waals surface area contributed by atoms with Gasteiger partial charge in [-0.2, -0.15) is 5.26 Å². The Morgan fingerprint density at radius 3 is 2.12 bits per heavy atom. The molecule has 18 nitrogen and oxygen atoms in total. The Bertz CT molecular complexity index is 2620. The van der Waals surface area contributed by atoms with Crippen molar-refractivity contribution in [2.75, 3.05) is 46.4 Å². The van der Waals surface area contributed by atoms with Gasteiger partial charge in [0, 0.05) is 43.2 Å². The molecule has 356 valence electrons. The van der Waals surface area contributed by atoms with Crippen molar-refractivity contribution in [2.24, 2.45) is 17.2 Å². The van der Waals surface area contributed by atoms with Gasteiger partial charge in [0.25, 0.3) is 5.91 Å². The van der Waals surface area contributed by atoms with E-state index in [1.54, 1.807) is 50.2 Å². The molecule has 5 amide bonds. The molecule has 0 unspecified atom stereocenters. The first-order valence-electron chi connectivity index (χ1n) is 22.2. The van der Waals surface area contributed by atoms with Gasteiger partial charge in [0.15, 0.2) is 0 Å². The molecule has 0 radical (unpaired) electrons. The van der Waals surface area contributed by atoms with E-state index in [4.69, 9.17) is 26.7 Å². The molecule has 4 bridgehead atoms. The molecule has 4 aromatic rings. The maximum absolute atomic E-state index is 14.7. The van der Waals surface area contributed by atoms with Gasteiger partial charge in [0.1, 0.15) is 55.4 Å². The number of nitrogens with two attached hydrogens (primary N) is 3. The number of aromatic nitrogens is 2. The van der Waals surface area contributed by atoms with Gasteiger partial charge in [-0.1, -0.05) is 41.8 Å². The van der Waals surface area contributed by atoms with Crippen LogP contribution in [0.25, 0.3) is 17.2 Å². The summed E-state index contributed by atoms with van der Waals surface area (Å²) in [5.41, 5.74) is 23.3. The van der Waals surface area contributed by atoms with Gasteiger partial charge < -0.3 is 52.8 Å². The fourth-order valence-electron chi connectivity index (χ4n) is 7.58. The zero-order valence-corrected chi connectivity index (χ0v) is 39.2. The van der Waals surface area contributed by atoms with Crippen LogP contribution in [0.4, 0.5) is 0 Å². The molecule has 1 aliphatic heterocycles. The van der Waals surface area contributed by atoms with Gasteiger partial charge in [0.05, 0.1) is 23.0 Å². The first kappa shape index (κ1) is 51.3. The number of nitriles is 1. The van der Waals surface area contributed by atoms with Gasteiger partial charge in [0.2, 0.25) is 29.5 Å². The van der Waals surface area contributed by atoms with Crippen molar-refractivity contribution < 1.29 is 33.4 Å². The molecule has 10 N–H and O–H groups in total. The molecule has 0 saturated heterocycles. The van der Waals surface area contributed by atoms with E-state index >= 15 is 0 Å². The third kappa shape index (κ3) is 13.3. The second kappa shape index (κ2) is 24.2. The Morgan fingerprint density at radius 1 is 0.882 bits per heavy atom. The van der Waals surface area contributed by atoms with E-state index in [2.05, 4.69) is 49.2 Å². The van der Waals surface area contributed by atoms with Crippen LogP contribution in [0.5, 0.6) is 11.5 Å². The van der Waals surface area contributed by atoms with Gasteiger partial charge in [-0.15, -0.1) is 0 Å². The highest BCUT2D eigenvalue weighted by atomic mass is 16.5. The second-order valence-corrected chi connectivity index (χ2v) is 16.4. The standard InChI is InChI=1S/C50H59N11O7/c1-29(2)25-34-9-7-33(8-10-34)12-16-43-56-30(3)44(31(4)57-43)48(64)59-39(17-18-51)50(66)61(6)45-36-13-15-42(68-24-21-54)38(28-36)37-26-35(11-14-41(37)67-23-20-53)27-40(47(63)55-22-19-52)60-46(62)32(5)58-49(45)65/h7-11,13-15,25-26,28,32,39-40,45H,17-18,20-24,27,51,53-54H2,1-6H3,(H,55,63)(H,58,65)(H,59,64)(H,60,62)/t32-,39-,40-,45-/m0/s1. The van der Waals surface area contributed by atoms with Crippen LogP contribution in [0.1, 0.15) is 83.1 Å². The summed E-state index contributed by atoms with van der Waals surface area (Å²) in [5, 5.41) is 19.9. The van der Waals surface area contributed by atoms with Crippen LogP contribution >= 0.6 is 0 Å². The minimum Gasteiger partial charge on any atom is -0.492 e. The van der Waals surface area contributed by atoms with Crippen LogP contribution in [0.3, 0.4) is 0 Å². The lowest BCUT2D eigenvalue weighted by Gasteiger charge is -2.32. The molecule has 3 aromatic carbocycles. The summed E-state index contributed by atoms with van der Waals surface area (Å²) in [7, 11) is 1.41. The Labute approximate surface area is 396 Å². The number of likely N-dealkylation sites (N-methyl/N-ethyl adjacent to an activating group) is 1. The number of ether oxygens (including phenoxy) is 2.